The molecular weight excluding hydrogens is 415 g/mol. The molecule has 3 N–H and O–H groups in total. The summed E-state index contributed by atoms with van der Waals surface area (Å²) in [4.78, 5) is 30.2. The van der Waals surface area contributed by atoms with Crippen LogP contribution in [-0.2, 0) is 22.7 Å². The number of benzene rings is 1. The van der Waals surface area contributed by atoms with Crippen molar-refractivity contribution < 1.29 is 66.9 Å². The fourth-order valence-corrected chi connectivity index (χ4v) is 3.78. The Morgan fingerprint density at radius 3 is 2.42 bits per heavy atom. The van der Waals surface area contributed by atoms with Crippen molar-refractivity contribution >= 4 is 27.4 Å². The van der Waals surface area contributed by atoms with E-state index in [2.05, 4.69) is 18.9 Å². The zero-order chi connectivity index (χ0) is 18.8. The SMILES string of the molecule is CCOP(=O)([O-])OC(NCCCCSc1ccccc1)OP(=O)(O)O.[Na+]. The molecule has 0 aliphatic carbocycles. The Bertz CT molecular complexity index is 591. The molecule has 1 rings (SSSR count). The van der Waals surface area contributed by atoms with Crippen LogP contribution in [0.4, 0.5) is 0 Å². The maximum Gasteiger partial charge on any atom is 1.00 e. The summed E-state index contributed by atoms with van der Waals surface area (Å²) in [6.07, 6.45) is -0.393. The molecule has 0 saturated heterocycles. The van der Waals surface area contributed by atoms with Crippen LogP contribution in [0.15, 0.2) is 35.2 Å². The molecule has 0 heterocycles. The van der Waals surface area contributed by atoms with Crippen molar-refractivity contribution in [1.82, 2.24) is 5.32 Å². The van der Waals surface area contributed by atoms with Gasteiger partial charge in [0.25, 0.3) is 7.82 Å². The first kappa shape index (κ1) is 26.8. The Labute approximate surface area is 179 Å². The fourth-order valence-electron chi connectivity index (χ4n) is 1.68. The summed E-state index contributed by atoms with van der Waals surface area (Å²) >= 11 is 1.68. The average molecular weight is 437 g/mol. The standard InChI is InChI=1S/C13H23NO8P2S.Na/c1-2-20-24(18,19)22-13(21-23(15,16)17)14-10-6-7-11-25-12-8-4-3-5-9-12;/h3-5,8-9,13-14H,2,6-7,10-11H2,1H3,(H,18,19)(H2,15,16,17);/q;+1/p-1. The summed E-state index contributed by atoms with van der Waals surface area (Å²) < 4.78 is 35.4. The van der Waals surface area contributed by atoms with Crippen LogP contribution >= 0.6 is 27.4 Å². The van der Waals surface area contributed by atoms with E-state index in [0.717, 1.165) is 17.1 Å². The van der Waals surface area contributed by atoms with Crippen LogP contribution in [0.25, 0.3) is 0 Å². The minimum absolute atomic E-state index is 0. The normalized spacial score (nSPS) is 15.1. The molecule has 0 aliphatic rings. The van der Waals surface area contributed by atoms with Crippen molar-refractivity contribution in [2.24, 2.45) is 0 Å². The van der Waals surface area contributed by atoms with Gasteiger partial charge in [-0.1, -0.05) is 18.2 Å². The molecule has 0 bridgehead atoms. The van der Waals surface area contributed by atoms with Gasteiger partial charge in [-0.05, 0) is 44.2 Å². The van der Waals surface area contributed by atoms with Crippen molar-refractivity contribution in [3.63, 3.8) is 0 Å². The molecule has 0 amide bonds. The average Bonchev–Trinajstić information content (AvgIpc) is 2.49. The Morgan fingerprint density at radius 1 is 1.19 bits per heavy atom. The Hall–Kier alpha value is 0.750. The van der Waals surface area contributed by atoms with Crippen LogP contribution in [0.2, 0.25) is 0 Å². The van der Waals surface area contributed by atoms with E-state index in [-0.39, 0.29) is 42.7 Å². The molecule has 2 atom stereocenters. The monoisotopic (exact) mass is 437 g/mol. The van der Waals surface area contributed by atoms with E-state index in [1.54, 1.807) is 11.8 Å². The molecule has 26 heavy (non-hydrogen) atoms. The molecule has 0 fully saturated rings. The van der Waals surface area contributed by atoms with Gasteiger partial charge in [0.1, 0.15) is 0 Å². The minimum Gasteiger partial charge on any atom is -0.756 e. The summed E-state index contributed by atoms with van der Waals surface area (Å²) in [6.45, 7) is 1.51. The molecular formula is C13H22NNaO8P2S. The predicted octanol–water partition coefficient (Wildman–Crippen LogP) is -0.933. The van der Waals surface area contributed by atoms with Gasteiger partial charge >= 0.3 is 37.4 Å². The van der Waals surface area contributed by atoms with E-state index in [1.807, 2.05) is 30.3 Å². The maximum atomic E-state index is 11.4. The van der Waals surface area contributed by atoms with Crippen LogP contribution in [0.1, 0.15) is 19.8 Å². The van der Waals surface area contributed by atoms with Gasteiger partial charge in [0.05, 0.1) is 6.61 Å². The predicted molar refractivity (Wildman–Crippen MR) is 91.6 cm³/mol. The van der Waals surface area contributed by atoms with E-state index in [4.69, 9.17) is 9.79 Å². The molecule has 0 aromatic heterocycles. The Morgan fingerprint density at radius 2 is 1.85 bits per heavy atom. The zero-order valence-electron chi connectivity index (χ0n) is 14.6. The molecule has 0 radical (unpaired) electrons. The smallest absolute Gasteiger partial charge is 0.756 e. The third-order valence-corrected chi connectivity index (χ3v) is 5.23. The van der Waals surface area contributed by atoms with Gasteiger partial charge in [-0.25, -0.2) is 9.09 Å². The summed E-state index contributed by atoms with van der Waals surface area (Å²) in [5, 5.41) is 2.49. The van der Waals surface area contributed by atoms with Crippen LogP contribution in [0, 0.1) is 0 Å². The number of phosphoric acid groups is 2. The van der Waals surface area contributed by atoms with Crippen LogP contribution in [0.3, 0.4) is 0 Å². The van der Waals surface area contributed by atoms with Crippen molar-refractivity contribution in [1.29, 1.82) is 0 Å². The number of hydrogen-bond acceptors (Lipinski definition) is 8. The zero-order valence-corrected chi connectivity index (χ0v) is 19.3. The number of nitrogens with one attached hydrogen (secondary N) is 1. The molecule has 2 unspecified atom stereocenters. The third-order valence-electron chi connectivity index (χ3n) is 2.64. The third kappa shape index (κ3) is 13.8. The first-order valence-electron chi connectivity index (χ1n) is 7.51. The van der Waals surface area contributed by atoms with Gasteiger partial charge < -0.3 is 19.2 Å². The van der Waals surface area contributed by atoms with E-state index in [0.29, 0.717) is 6.42 Å². The van der Waals surface area contributed by atoms with Gasteiger partial charge in [-0.15, -0.1) is 11.8 Å². The quantitative estimate of drug-likeness (QED) is 0.117. The molecule has 1 aromatic carbocycles. The molecule has 144 valence electrons. The number of thioether (sulfide) groups is 1. The summed E-state index contributed by atoms with van der Waals surface area (Å²) in [5.41, 5.74) is 0. The first-order chi connectivity index (χ1) is 11.7. The summed E-state index contributed by atoms with van der Waals surface area (Å²) in [7, 11) is -9.66. The van der Waals surface area contributed by atoms with E-state index in [1.165, 1.54) is 6.92 Å². The van der Waals surface area contributed by atoms with Crippen molar-refractivity contribution in [2.45, 2.75) is 31.1 Å². The summed E-state index contributed by atoms with van der Waals surface area (Å²) in [5.74, 6) is 0.843. The van der Waals surface area contributed by atoms with Crippen LogP contribution in [-0.4, -0.2) is 35.1 Å². The van der Waals surface area contributed by atoms with Crippen LogP contribution < -0.4 is 39.8 Å². The Kier molecular flexibility index (Phi) is 14.2. The van der Waals surface area contributed by atoms with Crippen LogP contribution in [0.5, 0.6) is 0 Å². The number of phosphoric ester groups is 2. The van der Waals surface area contributed by atoms with E-state index in [9.17, 15) is 14.0 Å². The second-order valence-electron chi connectivity index (χ2n) is 4.72. The van der Waals surface area contributed by atoms with E-state index < -0.39 is 22.1 Å². The van der Waals surface area contributed by atoms with Gasteiger partial charge in [0.2, 0.25) is 6.41 Å². The van der Waals surface area contributed by atoms with E-state index >= 15 is 0 Å². The number of hydrogen-bond donors (Lipinski definition) is 3. The molecule has 1 aromatic rings. The molecule has 0 aliphatic heterocycles. The van der Waals surface area contributed by atoms with Gasteiger partial charge in [0.15, 0.2) is 0 Å². The van der Waals surface area contributed by atoms with Crippen molar-refractivity contribution in [2.75, 3.05) is 18.9 Å². The Balaban J connectivity index is 0.00000625. The maximum absolute atomic E-state index is 11.4. The van der Waals surface area contributed by atoms with Crippen molar-refractivity contribution in [3.8, 4) is 0 Å². The summed E-state index contributed by atoms with van der Waals surface area (Å²) in [6, 6.07) is 9.84. The molecule has 9 nitrogen and oxygen atoms in total. The molecule has 0 spiro atoms. The molecule has 0 saturated carbocycles. The fraction of sp³-hybridized carbons (Fsp3) is 0.538. The second kappa shape index (κ2) is 13.8. The molecule has 13 heteroatoms. The second-order valence-corrected chi connectivity index (χ2v) is 8.44. The number of rotatable bonds is 13. The van der Waals surface area contributed by atoms with Gasteiger partial charge in [0, 0.05) is 4.90 Å². The van der Waals surface area contributed by atoms with Gasteiger partial charge in [-0.3, -0.25) is 14.4 Å². The minimum atomic E-state index is -4.94. The largest absolute Gasteiger partial charge is 1.00 e. The number of unbranched alkanes of at least 4 members (excludes halogenated alkanes) is 1. The topological polar surface area (TPSA) is 137 Å². The van der Waals surface area contributed by atoms with Gasteiger partial charge in [-0.2, -0.15) is 0 Å². The first-order valence-corrected chi connectivity index (χ1v) is 11.5. The van der Waals surface area contributed by atoms with Crippen molar-refractivity contribution in [3.05, 3.63) is 30.3 Å².